The Bertz CT molecular complexity index is 306. The van der Waals surface area contributed by atoms with Crippen molar-refractivity contribution >= 4 is 5.78 Å². The van der Waals surface area contributed by atoms with E-state index in [1.54, 1.807) is 0 Å². The highest BCUT2D eigenvalue weighted by Gasteiger charge is 2.26. The first-order valence-corrected chi connectivity index (χ1v) is 3.97. The largest absolute Gasteiger partial charge is 0.396 e. The molecule has 1 aromatic rings. The van der Waals surface area contributed by atoms with E-state index in [2.05, 4.69) is 9.97 Å². The average Bonchev–Trinajstić information content (AvgIpc) is 2.52. The fourth-order valence-electron chi connectivity index (χ4n) is 1.57. The van der Waals surface area contributed by atoms with Gasteiger partial charge in [-0.05, 0) is 12.3 Å². The molecule has 4 nitrogen and oxygen atoms in total. The van der Waals surface area contributed by atoms with E-state index in [4.69, 9.17) is 5.11 Å². The Morgan fingerprint density at radius 1 is 1.67 bits per heavy atom. The molecule has 0 aromatic carbocycles. The second-order valence-corrected chi connectivity index (χ2v) is 3.11. The maximum Gasteiger partial charge on any atom is 0.183 e. The first-order chi connectivity index (χ1) is 5.81. The molecule has 1 aliphatic carbocycles. The van der Waals surface area contributed by atoms with Gasteiger partial charge in [-0.25, -0.2) is 4.98 Å². The molecule has 1 aromatic heterocycles. The maximum atomic E-state index is 11.3. The number of nitrogens with zero attached hydrogens (tertiary/aromatic N) is 1. The predicted octanol–water partition coefficient (Wildman–Crippen LogP) is 0.147. The molecule has 0 amide bonds. The number of fused-ring (bicyclic) bond motifs is 1. The Kier molecular flexibility index (Phi) is 1.69. The van der Waals surface area contributed by atoms with E-state index >= 15 is 0 Å². The summed E-state index contributed by atoms with van der Waals surface area (Å²) in [6.45, 7) is 0.0736. The fourth-order valence-corrected chi connectivity index (χ4v) is 1.57. The normalized spacial score (nSPS) is 22.4. The number of aromatic amines is 1. The lowest BCUT2D eigenvalue weighted by atomic mass is 9.90. The molecule has 0 saturated heterocycles. The summed E-state index contributed by atoms with van der Waals surface area (Å²) in [4.78, 5) is 18.2. The number of Topliss-reactive ketones (excluding diaryl/α,β-unsaturated/α-hetero) is 1. The third-order valence-corrected chi connectivity index (χ3v) is 2.21. The Morgan fingerprint density at radius 3 is 3.25 bits per heavy atom. The van der Waals surface area contributed by atoms with Crippen molar-refractivity contribution in [3.8, 4) is 0 Å². The zero-order valence-electron chi connectivity index (χ0n) is 6.58. The lowest BCUT2D eigenvalue weighted by Gasteiger charge is -2.17. The fraction of sp³-hybridized carbons (Fsp3) is 0.500. The van der Waals surface area contributed by atoms with Crippen molar-refractivity contribution < 1.29 is 9.90 Å². The van der Waals surface area contributed by atoms with E-state index in [-0.39, 0.29) is 18.3 Å². The smallest absolute Gasteiger partial charge is 0.183 e. The molecule has 1 aliphatic rings. The van der Waals surface area contributed by atoms with E-state index < -0.39 is 0 Å². The highest BCUT2D eigenvalue weighted by atomic mass is 16.3. The summed E-state index contributed by atoms with van der Waals surface area (Å²) in [7, 11) is 0. The van der Waals surface area contributed by atoms with E-state index in [1.807, 2.05) is 0 Å². The number of aliphatic hydroxyl groups is 1. The van der Waals surface area contributed by atoms with Gasteiger partial charge < -0.3 is 10.1 Å². The Morgan fingerprint density at radius 2 is 2.50 bits per heavy atom. The van der Waals surface area contributed by atoms with Crippen LogP contribution in [0.25, 0.3) is 0 Å². The van der Waals surface area contributed by atoms with Crippen LogP contribution in [0, 0.1) is 5.92 Å². The Balaban J connectivity index is 2.32. The van der Waals surface area contributed by atoms with E-state index in [1.165, 1.54) is 6.33 Å². The van der Waals surface area contributed by atoms with Crippen molar-refractivity contribution in [2.45, 2.75) is 12.8 Å². The molecule has 0 radical (unpaired) electrons. The molecule has 1 atom stereocenters. The zero-order chi connectivity index (χ0) is 8.55. The van der Waals surface area contributed by atoms with Gasteiger partial charge in [-0.2, -0.15) is 0 Å². The zero-order valence-corrected chi connectivity index (χ0v) is 6.58. The topological polar surface area (TPSA) is 66.0 Å². The number of aromatic nitrogens is 2. The lowest BCUT2D eigenvalue weighted by molar-refractivity contribution is 0.0913. The third-order valence-electron chi connectivity index (χ3n) is 2.21. The van der Waals surface area contributed by atoms with Gasteiger partial charge in [-0.3, -0.25) is 4.79 Å². The number of hydrogen-bond acceptors (Lipinski definition) is 3. The number of H-pyrrole nitrogens is 1. The minimum Gasteiger partial charge on any atom is -0.396 e. The molecule has 12 heavy (non-hydrogen) atoms. The van der Waals surface area contributed by atoms with Crippen LogP contribution >= 0.6 is 0 Å². The van der Waals surface area contributed by atoms with E-state index in [9.17, 15) is 4.79 Å². The summed E-state index contributed by atoms with van der Waals surface area (Å²) < 4.78 is 0. The quantitative estimate of drug-likeness (QED) is 0.624. The molecule has 0 bridgehead atoms. The van der Waals surface area contributed by atoms with Gasteiger partial charge in [0.25, 0.3) is 0 Å². The van der Waals surface area contributed by atoms with Crippen LogP contribution in [0.2, 0.25) is 0 Å². The van der Waals surface area contributed by atoms with Crippen molar-refractivity contribution in [1.29, 1.82) is 0 Å². The molecule has 4 heteroatoms. The Labute approximate surface area is 69.6 Å². The number of imidazole rings is 1. The van der Waals surface area contributed by atoms with Crippen LogP contribution in [0.4, 0.5) is 0 Å². The standard InChI is InChI=1S/C8H10N2O2/c11-3-5-1-6-8(7(12)2-5)10-4-9-6/h4-5,11H,1-3H2,(H,9,10). The third kappa shape index (κ3) is 1.04. The van der Waals surface area contributed by atoms with Crippen molar-refractivity contribution in [1.82, 2.24) is 9.97 Å². The number of rotatable bonds is 1. The van der Waals surface area contributed by atoms with Gasteiger partial charge in [0.2, 0.25) is 0 Å². The summed E-state index contributed by atoms with van der Waals surface area (Å²) >= 11 is 0. The summed E-state index contributed by atoms with van der Waals surface area (Å²) in [5, 5.41) is 8.89. The molecule has 64 valence electrons. The van der Waals surface area contributed by atoms with Crippen LogP contribution in [0.5, 0.6) is 0 Å². The molecular formula is C8H10N2O2. The molecule has 0 aliphatic heterocycles. The van der Waals surface area contributed by atoms with Crippen LogP contribution in [-0.4, -0.2) is 27.5 Å². The number of aliphatic hydroxyl groups excluding tert-OH is 1. The first kappa shape index (κ1) is 7.49. The molecular weight excluding hydrogens is 156 g/mol. The highest BCUT2D eigenvalue weighted by Crippen LogP contribution is 2.21. The average molecular weight is 166 g/mol. The van der Waals surface area contributed by atoms with E-state index in [0.717, 1.165) is 12.1 Å². The van der Waals surface area contributed by atoms with Crippen molar-refractivity contribution in [3.05, 3.63) is 17.7 Å². The summed E-state index contributed by atoms with van der Waals surface area (Å²) in [6, 6.07) is 0. The molecule has 2 N–H and O–H groups in total. The van der Waals surface area contributed by atoms with Gasteiger partial charge in [0.15, 0.2) is 5.78 Å². The number of ketones is 1. The predicted molar refractivity (Wildman–Crippen MR) is 41.8 cm³/mol. The number of nitrogens with one attached hydrogen (secondary N) is 1. The molecule has 1 heterocycles. The van der Waals surface area contributed by atoms with Gasteiger partial charge in [-0.15, -0.1) is 0 Å². The molecule has 2 rings (SSSR count). The van der Waals surface area contributed by atoms with Crippen molar-refractivity contribution in [2.24, 2.45) is 5.92 Å². The monoisotopic (exact) mass is 166 g/mol. The molecule has 0 fully saturated rings. The minimum absolute atomic E-state index is 0.0385. The summed E-state index contributed by atoms with van der Waals surface area (Å²) in [5.41, 5.74) is 1.42. The first-order valence-electron chi connectivity index (χ1n) is 3.97. The molecule has 0 saturated carbocycles. The highest BCUT2D eigenvalue weighted by molar-refractivity contribution is 5.96. The van der Waals surface area contributed by atoms with E-state index in [0.29, 0.717) is 12.1 Å². The van der Waals surface area contributed by atoms with Crippen LogP contribution in [0.3, 0.4) is 0 Å². The molecule has 0 spiro atoms. The number of carbonyl (C=O) groups excluding carboxylic acids is 1. The maximum absolute atomic E-state index is 11.3. The van der Waals surface area contributed by atoms with Gasteiger partial charge in [0.05, 0.1) is 6.33 Å². The SMILES string of the molecule is O=C1CC(CO)Cc2[nH]cnc21. The lowest BCUT2D eigenvalue weighted by Crippen LogP contribution is -2.22. The number of hydrogen-bond donors (Lipinski definition) is 2. The summed E-state index contributed by atoms with van der Waals surface area (Å²) in [5.74, 6) is 0.113. The number of carbonyl (C=O) groups is 1. The second kappa shape index (κ2) is 2.71. The minimum atomic E-state index is 0.0385. The Hall–Kier alpha value is -1.16. The van der Waals surface area contributed by atoms with Gasteiger partial charge >= 0.3 is 0 Å². The second-order valence-electron chi connectivity index (χ2n) is 3.11. The van der Waals surface area contributed by atoms with Crippen molar-refractivity contribution in [2.75, 3.05) is 6.61 Å². The summed E-state index contributed by atoms with van der Waals surface area (Å²) in [6.07, 6.45) is 2.69. The van der Waals surface area contributed by atoms with Crippen molar-refractivity contribution in [3.63, 3.8) is 0 Å². The van der Waals surface area contributed by atoms with Gasteiger partial charge in [0, 0.05) is 18.7 Å². The molecule has 1 unspecified atom stereocenters. The van der Waals surface area contributed by atoms with Crippen LogP contribution in [0.1, 0.15) is 22.6 Å². The van der Waals surface area contributed by atoms with Crippen LogP contribution in [-0.2, 0) is 6.42 Å². The van der Waals surface area contributed by atoms with Crippen LogP contribution < -0.4 is 0 Å². The van der Waals surface area contributed by atoms with Gasteiger partial charge in [0.1, 0.15) is 5.69 Å². The van der Waals surface area contributed by atoms with Gasteiger partial charge in [-0.1, -0.05) is 0 Å². The van der Waals surface area contributed by atoms with Crippen LogP contribution in [0.15, 0.2) is 6.33 Å².